The molecule has 2 saturated heterocycles. The summed E-state index contributed by atoms with van der Waals surface area (Å²) in [5.41, 5.74) is 11.3. The number of aliphatic hydroxyl groups is 1. The number of anilines is 2. The van der Waals surface area contributed by atoms with Gasteiger partial charge in [0.05, 0.1) is 22.2 Å². The van der Waals surface area contributed by atoms with Crippen LogP contribution in [0.4, 0.5) is 11.6 Å². The molecule has 0 saturated carbocycles. The van der Waals surface area contributed by atoms with E-state index in [1.54, 1.807) is 31.2 Å². The van der Waals surface area contributed by atoms with Crippen molar-refractivity contribution in [2.45, 2.75) is 71.1 Å². The van der Waals surface area contributed by atoms with E-state index in [2.05, 4.69) is 40.2 Å². The molecule has 290 valence electrons. The van der Waals surface area contributed by atoms with Gasteiger partial charge < -0.3 is 36.2 Å². The number of amides is 1. The highest BCUT2D eigenvalue weighted by Crippen LogP contribution is 2.34. The second kappa shape index (κ2) is 16.9. The Balaban J connectivity index is 0.000000175. The number of phenols is 2. The Morgan fingerprint density at radius 3 is 1.61 bits per heavy atom. The molecule has 0 spiro atoms. The van der Waals surface area contributed by atoms with E-state index in [-0.39, 0.29) is 29.5 Å². The minimum Gasteiger partial charge on any atom is -0.507 e. The summed E-state index contributed by atoms with van der Waals surface area (Å²) in [5, 5.41) is 35.2. The number of nitrogens with two attached hydrogens (primary N) is 1. The fourth-order valence-corrected chi connectivity index (χ4v) is 7.32. The predicted octanol–water partition coefficient (Wildman–Crippen LogP) is 6.41. The molecule has 1 atom stereocenters. The molecule has 2 aliphatic heterocycles. The molecule has 2 aromatic heterocycles. The number of nitrogens with one attached hydrogen (secondary N) is 1. The van der Waals surface area contributed by atoms with Gasteiger partial charge in [-0.25, -0.2) is 19.9 Å². The smallest absolute Gasteiger partial charge is 0.249 e. The molecule has 2 aliphatic rings. The van der Waals surface area contributed by atoms with Crippen LogP contribution in [0.3, 0.4) is 0 Å². The van der Waals surface area contributed by atoms with Crippen molar-refractivity contribution in [2.24, 2.45) is 5.73 Å². The molecule has 56 heavy (non-hydrogen) atoms. The summed E-state index contributed by atoms with van der Waals surface area (Å²) in [6.45, 7) is 9.11. The molecule has 6 N–H and O–H groups in total. The van der Waals surface area contributed by atoms with Gasteiger partial charge in [-0.3, -0.25) is 4.79 Å². The van der Waals surface area contributed by atoms with Gasteiger partial charge in [0.2, 0.25) is 5.91 Å². The average Bonchev–Trinajstić information content (AvgIpc) is 3.20. The minimum atomic E-state index is -0.951. The van der Waals surface area contributed by atoms with Crippen LogP contribution in [0.15, 0.2) is 84.9 Å². The number of aryl methyl sites for hydroxylation is 2. The number of nitrogens with zero attached hydrogens (tertiary/aromatic N) is 6. The van der Waals surface area contributed by atoms with Crippen molar-refractivity contribution in [3.05, 3.63) is 96.1 Å². The highest BCUT2D eigenvalue weighted by atomic mass is 16.3. The normalized spacial score (nSPS) is 15.7. The topological polar surface area (TPSA) is 174 Å². The van der Waals surface area contributed by atoms with E-state index in [0.29, 0.717) is 29.2 Å². The number of carbonyl (C=O) groups is 1. The maximum absolute atomic E-state index is 12.0. The number of aromatic nitrogens is 4. The molecule has 0 aliphatic carbocycles. The van der Waals surface area contributed by atoms with Crippen molar-refractivity contribution in [3.63, 3.8) is 0 Å². The van der Waals surface area contributed by atoms with Crippen LogP contribution < -0.4 is 20.9 Å². The third-order valence-electron chi connectivity index (χ3n) is 10.6. The molecule has 4 aromatic carbocycles. The molecule has 6 aromatic rings. The number of hydrogen-bond acceptors (Lipinski definition) is 11. The van der Waals surface area contributed by atoms with Crippen LogP contribution >= 0.6 is 0 Å². The fourth-order valence-electron chi connectivity index (χ4n) is 7.32. The molecule has 1 amide bonds. The number of fused-ring (bicyclic) bond motifs is 2. The van der Waals surface area contributed by atoms with Crippen LogP contribution in [0.25, 0.3) is 44.6 Å². The first kappa shape index (κ1) is 38.4. The zero-order valence-corrected chi connectivity index (χ0v) is 32.2. The molecule has 12 nitrogen and oxygen atoms in total. The SMILES string of the molecule is CC[C@@H](O)C(=O)NC1CCN(c2nc(-c3ccccc3O)nc3cc(C)ccc23)CC1.Cc1ccc2c(N3CCC(N)CC3)nc(-c3ccccc3O)nc2c1. The standard InChI is InChI=1S/C24H28N4O3.C20H22N4O/c1-3-20(29)24(31)25-16-10-12-28(13-11-16)23-17-9-8-15(2)14-19(17)26-22(27-23)18-6-4-5-7-21(18)30;1-13-6-7-15-17(12-13)22-19(16-4-2-3-5-18(16)25)23-20(15)24-10-8-14(21)9-11-24/h4-9,14,16,20,29-30H,3,10-13H2,1-2H3,(H,25,31);2-7,12,14,25H,8-11,21H2,1H3/t20-;/m1./s1. The van der Waals surface area contributed by atoms with Crippen molar-refractivity contribution >= 4 is 39.3 Å². The lowest BCUT2D eigenvalue weighted by Crippen LogP contribution is -2.47. The Kier molecular flexibility index (Phi) is 11.6. The largest absolute Gasteiger partial charge is 0.507 e. The van der Waals surface area contributed by atoms with Crippen molar-refractivity contribution in [2.75, 3.05) is 36.0 Å². The molecule has 12 heteroatoms. The number of aliphatic hydroxyl groups excluding tert-OH is 1. The second-order valence-corrected chi connectivity index (χ2v) is 14.8. The Labute approximate surface area is 327 Å². The molecule has 0 bridgehead atoms. The van der Waals surface area contributed by atoms with Gasteiger partial charge in [-0.2, -0.15) is 0 Å². The third-order valence-corrected chi connectivity index (χ3v) is 10.6. The summed E-state index contributed by atoms with van der Waals surface area (Å²) >= 11 is 0. The first-order valence-corrected chi connectivity index (χ1v) is 19.5. The van der Waals surface area contributed by atoms with Gasteiger partial charge in [0, 0.05) is 49.0 Å². The quantitative estimate of drug-likeness (QED) is 0.122. The lowest BCUT2D eigenvalue weighted by Gasteiger charge is -2.34. The highest BCUT2D eigenvalue weighted by Gasteiger charge is 2.26. The second-order valence-electron chi connectivity index (χ2n) is 14.8. The molecule has 4 heterocycles. The minimum absolute atomic E-state index is 0.0398. The summed E-state index contributed by atoms with van der Waals surface area (Å²) < 4.78 is 0. The third kappa shape index (κ3) is 8.51. The Morgan fingerprint density at radius 2 is 1.16 bits per heavy atom. The molecule has 2 fully saturated rings. The number of aromatic hydroxyl groups is 2. The average molecular weight is 755 g/mol. The van der Waals surface area contributed by atoms with Crippen LogP contribution in [-0.2, 0) is 4.79 Å². The van der Waals surface area contributed by atoms with Gasteiger partial charge in [0.25, 0.3) is 0 Å². The number of rotatable bonds is 7. The molecule has 0 unspecified atom stereocenters. The maximum Gasteiger partial charge on any atom is 0.249 e. The van der Waals surface area contributed by atoms with Gasteiger partial charge in [0.1, 0.15) is 29.2 Å². The lowest BCUT2D eigenvalue weighted by atomic mass is 10.0. The lowest BCUT2D eigenvalue weighted by molar-refractivity contribution is -0.130. The number of piperidine rings is 2. The van der Waals surface area contributed by atoms with E-state index >= 15 is 0 Å². The summed E-state index contributed by atoms with van der Waals surface area (Å²) in [4.78, 5) is 35.6. The Hall–Kier alpha value is -5.85. The fraction of sp³-hybridized carbons (Fsp3) is 0.341. The van der Waals surface area contributed by atoms with Crippen molar-refractivity contribution in [1.82, 2.24) is 25.3 Å². The van der Waals surface area contributed by atoms with Gasteiger partial charge in [0.15, 0.2) is 11.6 Å². The summed E-state index contributed by atoms with van der Waals surface area (Å²) in [7, 11) is 0. The van der Waals surface area contributed by atoms with E-state index in [1.807, 2.05) is 49.4 Å². The number of hydrogen-bond donors (Lipinski definition) is 5. The number of para-hydroxylation sites is 2. The first-order valence-electron chi connectivity index (χ1n) is 19.5. The van der Waals surface area contributed by atoms with Crippen molar-refractivity contribution in [3.8, 4) is 34.3 Å². The van der Waals surface area contributed by atoms with Crippen LogP contribution in [-0.4, -0.2) is 85.5 Å². The Morgan fingerprint density at radius 1 is 0.714 bits per heavy atom. The van der Waals surface area contributed by atoms with Crippen molar-refractivity contribution in [1.29, 1.82) is 0 Å². The van der Waals surface area contributed by atoms with E-state index in [9.17, 15) is 20.1 Å². The Bertz CT molecular complexity index is 2340. The predicted molar refractivity (Wildman–Crippen MR) is 222 cm³/mol. The van der Waals surface area contributed by atoms with E-state index in [0.717, 1.165) is 96.4 Å². The van der Waals surface area contributed by atoms with E-state index < -0.39 is 6.10 Å². The number of phenolic OH excluding ortho intramolecular Hbond substituents is 2. The van der Waals surface area contributed by atoms with Gasteiger partial charge >= 0.3 is 0 Å². The zero-order chi connectivity index (χ0) is 39.3. The van der Waals surface area contributed by atoms with E-state index in [4.69, 9.17) is 25.7 Å². The van der Waals surface area contributed by atoms with Gasteiger partial charge in [-0.05, 0) is 106 Å². The summed E-state index contributed by atoms with van der Waals surface area (Å²) in [5.74, 6) is 2.86. The molecular weight excluding hydrogens is 705 g/mol. The van der Waals surface area contributed by atoms with Crippen LogP contribution in [0, 0.1) is 13.8 Å². The van der Waals surface area contributed by atoms with Crippen LogP contribution in [0.5, 0.6) is 11.5 Å². The number of carbonyl (C=O) groups excluding carboxylic acids is 1. The molecular formula is C44H50N8O4. The van der Waals surface area contributed by atoms with Gasteiger partial charge in [-0.1, -0.05) is 43.3 Å². The monoisotopic (exact) mass is 754 g/mol. The highest BCUT2D eigenvalue weighted by molar-refractivity contribution is 5.93. The van der Waals surface area contributed by atoms with Gasteiger partial charge in [-0.15, -0.1) is 0 Å². The summed E-state index contributed by atoms with van der Waals surface area (Å²) in [6.07, 6.45) is 2.92. The van der Waals surface area contributed by atoms with Crippen LogP contribution in [0.1, 0.15) is 50.2 Å². The maximum atomic E-state index is 12.0. The van der Waals surface area contributed by atoms with E-state index in [1.165, 1.54) is 0 Å². The van der Waals surface area contributed by atoms with Crippen LogP contribution in [0.2, 0.25) is 0 Å². The van der Waals surface area contributed by atoms with Crippen molar-refractivity contribution < 1.29 is 20.1 Å². The molecule has 0 radical (unpaired) electrons. The zero-order valence-electron chi connectivity index (χ0n) is 32.2. The number of benzene rings is 4. The first-order chi connectivity index (χ1) is 27.1. The molecule has 8 rings (SSSR count). The summed E-state index contributed by atoms with van der Waals surface area (Å²) in [6, 6.07) is 27.0.